The number of hydrogen-bond acceptors (Lipinski definition) is 4. The predicted molar refractivity (Wildman–Crippen MR) is 110 cm³/mol. The van der Waals surface area contributed by atoms with Crippen molar-refractivity contribution in [2.75, 3.05) is 12.1 Å². The molecule has 5 rings (SSSR count). The van der Waals surface area contributed by atoms with Crippen molar-refractivity contribution in [2.45, 2.75) is 13.1 Å². The number of nitrogens with one attached hydrogen (secondary N) is 1. The summed E-state index contributed by atoms with van der Waals surface area (Å²) in [6.45, 7) is 1.63. The molecule has 0 spiro atoms. The molecule has 5 nitrogen and oxygen atoms in total. The maximum atomic E-state index is 6.03. The van der Waals surface area contributed by atoms with E-state index in [1.807, 2.05) is 60.7 Å². The number of aromatic nitrogens is 2. The molecule has 3 aromatic carbocycles. The molecule has 0 radical (unpaired) electrons. The lowest BCUT2D eigenvalue weighted by Crippen LogP contribution is -2.08. The number of benzene rings is 3. The summed E-state index contributed by atoms with van der Waals surface area (Å²) in [6.07, 6.45) is 0. The van der Waals surface area contributed by atoms with Crippen LogP contribution in [0.5, 0.6) is 11.5 Å². The molecule has 1 aliphatic heterocycles. The van der Waals surface area contributed by atoms with E-state index in [9.17, 15) is 0 Å². The molecule has 2 heterocycles. The Kier molecular flexibility index (Phi) is 4.29. The molecule has 1 N–H and O–H groups in total. The Bertz CT molecular complexity index is 1140. The molecular formula is C22H18ClN3O2. The fourth-order valence-corrected chi connectivity index (χ4v) is 3.50. The van der Waals surface area contributed by atoms with Crippen LogP contribution in [0.4, 0.5) is 5.95 Å². The van der Waals surface area contributed by atoms with Crippen molar-refractivity contribution in [1.82, 2.24) is 9.55 Å². The first-order valence-corrected chi connectivity index (χ1v) is 9.46. The van der Waals surface area contributed by atoms with Gasteiger partial charge in [-0.1, -0.05) is 41.9 Å². The van der Waals surface area contributed by atoms with Gasteiger partial charge in [-0.3, -0.25) is 0 Å². The summed E-state index contributed by atoms with van der Waals surface area (Å²) in [7, 11) is 0. The molecule has 4 aromatic rings. The van der Waals surface area contributed by atoms with E-state index in [0.717, 1.165) is 39.1 Å². The van der Waals surface area contributed by atoms with E-state index in [2.05, 4.69) is 16.0 Å². The number of rotatable bonds is 5. The van der Waals surface area contributed by atoms with Crippen LogP contribution >= 0.6 is 11.6 Å². The first-order chi connectivity index (χ1) is 13.8. The number of hydrogen-bond donors (Lipinski definition) is 1. The topological polar surface area (TPSA) is 48.3 Å². The highest BCUT2D eigenvalue weighted by Gasteiger charge is 2.14. The third-order valence-corrected chi connectivity index (χ3v) is 5.05. The maximum Gasteiger partial charge on any atom is 0.231 e. The van der Waals surface area contributed by atoms with Crippen LogP contribution in [0.1, 0.15) is 11.1 Å². The Hall–Kier alpha value is -3.18. The SMILES string of the molecule is Clc1ccc(Cn2c(NCc3ccc4c(c3)OCO4)nc3ccccc32)cc1. The van der Waals surface area contributed by atoms with Gasteiger partial charge in [-0.25, -0.2) is 4.98 Å². The van der Waals surface area contributed by atoms with Gasteiger partial charge in [0.25, 0.3) is 0 Å². The summed E-state index contributed by atoms with van der Waals surface area (Å²) in [5, 5.41) is 4.21. The lowest BCUT2D eigenvalue weighted by molar-refractivity contribution is 0.174. The Balaban J connectivity index is 1.44. The van der Waals surface area contributed by atoms with Crippen molar-refractivity contribution in [3.63, 3.8) is 0 Å². The van der Waals surface area contributed by atoms with E-state index >= 15 is 0 Å². The molecule has 0 aliphatic carbocycles. The average molecular weight is 392 g/mol. The van der Waals surface area contributed by atoms with Crippen molar-refractivity contribution in [3.8, 4) is 11.5 Å². The van der Waals surface area contributed by atoms with E-state index in [1.165, 1.54) is 5.56 Å². The molecule has 0 amide bonds. The minimum absolute atomic E-state index is 0.281. The molecule has 0 fully saturated rings. The van der Waals surface area contributed by atoms with Gasteiger partial charge in [-0.2, -0.15) is 0 Å². The fraction of sp³-hybridized carbons (Fsp3) is 0.136. The highest BCUT2D eigenvalue weighted by atomic mass is 35.5. The zero-order valence-electron chi connectivity index (χ0n) is 15.1. The lowest BCUT2D eigenvalue weighted by Gasteiger charge is -2.11. The molecule has 0 saturated heterocycles. The third kappa shape index (κ3) is 3.25. The van der Waals surface area contributed by atoms with Crippen molar-refractivity contribution < 1.29 is 9.47 Å². The Morgan fingerprint density at radius 1 is 0.929 bits per heavy atom. The predicted octanol–water partition coefficient (Wildman–Crippen LogP) is 5.08. The van der Waals surface area contributed by atoms with Crippen molar-refractivity contribution in [3.05, 3.63) is 82.9 Å². The molecule has 0 saturated carbocycles. The van der Waals surface area contributed by atoms with Crippen LogP contribution in [0.2, 0.25) is 5.02 Å². The summed E-state index contributed by atoms with van der Waals surface area (Å²) in [5.41, 5.74) is 4.32. The van der Waals surface area contributed by atoms with Crippen LogP contribution in [0.25, 0.3) is 11.0 Å². The number of imidazole rings is 1. The Morgan fingerprint density at radius 2 is 1.71 bits per heavy atom. The van der Waals surface area contributed by atoms with E-state index in [1.54, 1.807) is 0 Å². The van der Waals surface area contributed by atoms with Crippen molar-refractivity contribution in [1.29, 1.82) is 0 Å². The Morgan fingerprint density at radius 3 is 2.61 bits per heavy atom. The van der Waals surface area contributed by atoms with Gasteiger partial charge in [0.1, 0.15) is 0 Å². The standard InChI is InChI=1S/C22H18ClN3O2/c23-17-8-5-15(6-9-17)13-26-19-4-2-1-3-18(19)25-22(26)24-12-16-7-10-20-21(11-16)28-14-27-20/h1-11H,12-14H2,(H,24,25). The third-order valence-electron chi connectivity index (χ3n) is 4.80. The van der Waals surface area contributed by atoms with Gasteiger partial charge >= 0.3 is 0 Å². The van der Waals surface area contributed by atoms with Gasteiger partial charge in [0.15, 0.2) is 11.5 Å². The molecule has 0 unspecified atom stereocenters. The minimum atomic E-state index is 0.281. The molecule has 0 bridgehead atoms. The number of fused-ring (bicyclic) bond motifs is 2. The van der Waals surface area contributed by atoms with Crippen LogP contribution in [0.15, 0.2) is 66.7 Å². The summed E-state index contributed by atoms with van der Waals surface area (Å²) in [4.78, 5) is 4.78. The Labute approximate surface area is 167 Å². The summed E-state index contributed by atoms with van der Waals surface area (Å²) in [5.74, 6) is 2.40. The smallest absolute Gasteiger partial charge is 0.231 e. The molecule has 1 aliphatic rings. The monoisotopic (exact) mass is 391 g/mol. The van der Waals surface area contributed by atoms with Gasteiger partial charge in [0.05, 0.1) is 17.6 Å². The van der Waals surface area contributed by atoms with Crippen LogP contribution in [0.3, 0.4) is 0 Å². The maximum absolute atomic E-state index is 6.03. The minimum Gasteiger partial charge on any atom is -0.454 e. The van der Waals surface area contributed by atoms with E-state index < -0.39 is 0 Å². The number of anilines is 1. The second-order valence-electron chi connectivity index (χ2n) is 6.68. The van der Waals surface area contributed by atoms with Crippen molar-refractivity contribution >= 4 is 28.6 Å². The highest BCUT2D eigenvalue weighted by molar-refractivity contribution is 6.30. The normalized spacial score (nSPS) is 12.5. The summed E-state index contributed by atoms with van der Waals surface area (Å²) in [6, 6.07) is 22.0. The molecule has 1 aromatic heterocycles. The van der Waals surface area contributed by atoms with Crippen LogP contribution < -0.4 is 14.8 Å². The zero-order valence-corrected chi connectivity index (χ0v) is 15.8. The first kappa shape index (κ1) is 17.0. The van der Waals surface area contributed by atoms with Crippen molar-refractivity contribution in [2.24, 2.45) is 0 Å². The number of halogens is 1. The van der Waals surface area contributed by atoms with Crippen LogP contribution in [-0.2, 0) is 13.1 Å². The number of para-hydroxylation sites is 2. The van der Waals surface area contributed by atoms with Crippen LogP contribution in [-0.4, -0.2) is 16.3 Å². The largest absolute Gasteiger partial charge is 0.454 e. The fourth-order valence-electron chi connectivity index (χ4n) is 3.37. The zero-order chi connectivity index (χ0) is 18.9. The second-order valence-corrected chi connectivity index (χ2v) is 7.11. The van der Waals surface area contributed by atoms with Gasteiger partial charge in [0.2, 0.25) is 12.7 Å². The average Bonchev–Trinajstić information content (AvgIpc) is 3.32. The van der Waals surface area contributed by atoms with E-state index in [0.29, 0.717) is 13.1 Å². The molecule has 28 heavy (non-hydrogen) atoms. The van der Waals surface area contributed by atoms with E-state index in [-0.39, 0.29) is 6.79 Å². The van der Waals surface area contributed by atoms with Gasteiger partial charge < -0.3 is 19.4 Å². The molecule has 0 atom stereocenters. The quantitative estimate of drug-likeness (QED) is 0.515. The first-order valence-electron chi connectivity index (χ1n) is 9.08. The number of ether oxygens (including phenoxy) is 2. The molecular weight excluding hydrogens is 374 g/mol. The highest BCUT2D eigenvalue weighted by Crippen LogP contribution is 2.32. The number of nitrogens with zero attached hydrogens (tertiary/aromatic N) is 2. The van der Waals surface area contributed by atoms with Gasteiger partial charge in [0, 0.05) is 11.6 Å². The van der Waals surface area contributed by atoms with Gasteiger partial charge in [-0.05, 0) is 47.5 Å². The van der Waals surface area contributed by atoms with Gasteiger partial charge in [-0.15, -0.1) is 0 Å². The molecule has 140 valence electrons. The van der Waals surface area contributed by atoms with Crippen LogP contribution in [0, 0.1) is 0 Å². The van der Waals surface area contributed by atoms with E-state index in [4.69, 9.17) is 26.1 Å². The second kappa shape index (κ2) is 7.09. The summed E-state index contributed by atoms with van der Waals surface area (Å²) >= 11 is 6.03. The summed E-state index contributed by atoms with van der Waals surface area (Å²) < 4.78 is 13.0. The molecule has 6 heteroatoms. The lowest BCUT2D eigenvalue weighted by atomic mass is 10.2.